The van der Waals surface area contributed by atoms with Gasteiger partial charge in [0.25, 0.3) is 0 Å². The zero-order valence-electron chi connectivity index (χ0n) is 12.7. The van der Waals surface area contributed by atoms with Gasteiger partial charge in [0.2, 0.25) is 5.91 Å². The maximum Gasteiger partial charge on any atom is 0.225 e. The molecule has 3 nitrogen and oxygen atoms in total. The molecule has 0 bridgehead atoms. The number of carbonyl (C=O) groups excluding carboxylic acids is 1. The van der Waals surface area contributed by atoms with Crippen LogP contribution in [0.15, 0.2) is 71.3 Å². The van der Waals surface area contributed by atoms with Crippen molar-refractivity contribution in [1.82, 2.24) is 5.32 Å². The van der Waals surface area contributed by atoms with E-state index in [9.17, 15) is 4.79 Å². The van der Waals surface area contributed by atoms with Crippen molar-refractivity contribution < 1.29 is 9.21 Å². The van der Waals surface area contributed by atoms with Gasteiger partial charge in [-0.15, -0.1) is 0 Å². The highest BCUT2D eigenvalue weighted by Crippen LogP contribution is 2.24. The van der Waals surface area contributed by atoms with Crippen LogP contribution in [0.4, 0.5) is 0 Å². The van der Waals surface area contributed by atoms with Crippen molar-refractivity contribution in [2.75, 3.05) is 0 Å². The molecule has 0 spiro atoms. The highest BCUT2D eigenvalue weighted by molar-refractivity contribution is 6.42. The molecule has 1 aromatic heterocycles. The molecule has 3 rings (SSSR count). The van der Waals surface area contributed by atoms with Gasteiger partial charge in [-0.05, 0) is 35.4 Å². The minimum atomic E-state index is -0.337. The zero-order valence-corrected chi connectivity index (χ0v) is 14.2. The number of carbonyl (C=O) groups is 1. The van der Waals surface area contributed by atoms with Gasteiger partial charge in [-0.3, -0.25) is 4.79 Å². The van der Waals surface area contributed by atoms with E-state index < -0.39 is 0 Å². The summed E-state index contributed by atoms with van der Waals surface area (Å²) >= 11 is 11.9. The van der Waals surface area contributed by atoms with Gasteiger partial charge in [0.15, 0.2) is 0 Å². The predicted octanol–water partition coefficient (Wildman–Crippen LogP) is 5.03. The Morgan fingerprint density at radius 2 is 1.79 bits per heavy atom. The number of amides is 1. The first-order valence-corrected chi connectivity index (χ1v) is 8.21. The van der Waals surface area contributed by atoms with Crippen molar-refractivity contribution in [2.45, 2.75) is 12.5 Å². The number of rotatable bonds is 5. The Kier molecular flexibility index (Phi) is 5.24. The molecule has 0 aliphatic carbocycles. The fourth-order valence-electron chi connectivity index (χ4n) is 2.47. The van der Waals surface area contributed by atoms with Gasteiger partial charge < -0.3 is 9.73 Å². The second-order valence-electron chi connectivity index (χ2n) is 5.35. The molecule has 0 fully saturated rings. The van der Waals surface area contributed by atoms with Gasteiger partial charge in [0, 0.05) is 0 Å². The Labute approximate surface area is 150 Å². The summed E-state index contributed by atoms with van der Waals surface area (Å²) in [7, 11) is 0. The van der Waals surface area contributed by atoms with Crippen molar-refractivity contribution in [2.24, 2.45) is 0 Å². The van der Waals surface area contributed by atoms with Gasteiger partial charge >= 0.3 is 0 Å². The number of nitrogens with one attached hydrogen (secondary N) is 1. The van der Waals surface area contributed by atoms with Crippen molar-refractivity contribution in [3.63, 3.8) is 0 Å². The summed E-state index contributed by atoms with van der Waals surface area (Å²) < 4.78 is 5.48. The lowest BCUT2D eigenvalue weighted by Gasteiger charge is -2.17. The molecular weight excluding hydrogens is 345 g/mol. The number of hydrogen-bond acceptors (Lipinski definition) is 2. The average Bonchev–Trinajstić information content (AvgIpc) is 3.11. The second-order valence-corrected chi connectivity index (χ2v) is 6.17. The first-order valence-electron chi connectivity index (χ1n) is 7.45. The highest BCUT2D eigenvalue weighted by Gasteiger charge is 2.19. The van der Waals surface area contributed by atoms with Crippen LogP contribution in [-0.2, 0) is 11.2 Å². The van der Waals surface area contributed by atoms with Crippen LogP contribution >= 0.6 is 23.2 Å². The molecule has 1 heterocycles. The molecule has 3 aromatic rings. The summed E-state index contributed by atoms with van der Waals surface area (Å²) in [5.41, 5.74) is 1.75. The number of hydrogen-bond donors (Lipinski definition) is 1. The third-order valence-corrected chi connectivity index (χ3v) is 4.35. The highest BCUT2D eigenvalue weighted by atomic mass is 35.5. The zero-order chi connectivity index (χ0) is 16.9. The third kappa shape index (κ3) is 3.99. The predicted molar refractivity (Wildman–Crippen MR) is 95.3 cm³/mol. The van der Waals surface area contributed by atoms with E-state index in [2.05, 4.69) is 5.32 Å². The largest absolute Gasteiger partial charge is 0.467 e. The van der Waals surface area contributed by atoms with Crippen molar-refractivity contribution in [1.29, 1.82) is 0 Å². The van der Waals surface area contributed by atoms with E-state index in [1.54, 1.807) is 30.5 Å². The second kappa shape index (κ2) is 7.56. The summed E-state index contributed by atoms with van der Waals surface area (Å²) in [6.07, 6.45) is 1.80. The molecule has 24 heavy (non-hydrogen) atoms. The van der Waals surface area contributed by atoms with Gasteiger partial charge in [-0.2, -0.15) is 0 Å². The van der Waals surface area contributed by atoms with Crippen LogP contribution in [0.3, 0.4) is 0 Å². The molecular formula is C19H15Cl2NO2. The van der Waals surface area contributed by atoms with Crippen LogP contribution in [-0.4, -0.2) is 5.91 Å². The average molecular weight is 360 g/mol. The fraction of sp³-hybridized carbons (Fsp3) is 0.105. The Morgan fingerprint density at radius 3 is 2.46 bits per heavy atom. The Morgan fingerprint density at radius 1 is 1.00 bits per heavy atom. The summed E-state index contributed by atoms with van der Waals surface area (Å²) in [6.45, 7) is 0. The summed E-state index contributed by atoms with van der Waals surface area (Å²) in [4.78, 5) is 12.5. The summed E-state index contributed by atoms with van der Waals surface area (Å²) in [5, 5.41) is 3.92. The van der Waals surface area contributed by atoms with E-state index >= 15 is 0 Å². The van der Waals surface area contributed by atoms with E-state index in [0.717, 1.165) is 11.1 Å². The minimum Gasteiger partial charge on any atom is -0.467 e. The molecule has 1 atom stereocenters. The van der Waals surface area contributed by atoms with Crippen LogP contribution in [0.5, 0.6) is 0 Å². The minimum absolute atomic E-state index is 0.126. The van der Waals surface area contributed by atoms with Gasteiger partial charge in [0.05, 0.1) is 22.7 Å². The van der Waals surface area contributed by atoms with E-state index in [-0.39, 0.29) is 18.4 Å². The Hall–Kier alpha value is -2.23. The fourth-order valence-corrected chi connectivity index (χ4v) is 2.79. The molecule has 2 aromatic carbocycles. The van der Waals surface area contributed by atoms with E-state index in [1.807, 2.05) is 36.4 Å². The molecule has 1 N–H and O–H groups in total. The maximum atomic E-state index is 12.5. The normalized spacial score (nSPS) is 11.9. The lowest BCUT2D eigenvalue weighted by molar-refractivity contribution is -0.121. The molecule has 0 aliphatic rings. The first kappa shape index (κ1) is 16.6. The van der Waals surface area contributed by atoms with Gasteiger partial charge in [-0.25, -0.2) is 0 Å². The van der Waals surface area contributed by atoms with E-state index in [4.69, 9.17) is 27.6 Å². The standard InChI is InChI=1S/C19H15Cl2NO2/c20-15-9-8-13(11-16(15)21)12-18(23)22-19(17-7-4-10-24-17)14-5-2-1-3-6-14/h1-11,19H,12H2,(H,22,23). The lowest BCUT2D eigenvalue weighted by Crippen LogP contribution is -2.30. The maximum absolute atomic E-state index is 12.5. The molecule has 0 saturated carbocycles. The smallest absolute Gasteiger partial charge is 0.225 e. The lowest BCUT2D eigenvalue weighted by atomic mass is 10.0. The summed E-state index contributed by atoms with van der Waals surface area (Å²) in [5.74, 6) is 0.558. The molecule has 0 aliphatic heterocycles. The summed E-state index contributed by atoms with van der Waals surface area (Å²) in [6, 6.07) is 18.2. The van der Waals surface area contributed by atoms with Gasteiger partial charge in [0.1, 0.15) is 11.8 Å². The van der Waals surface area contributed by atoms with Crippen LogP contribution in [0.1, 0.15) is 22.9 Å². The van der Waals surface area contributed by atoms with Crippen molar-refractivity contribution >= 4 is 29.1 Å². The van der Waals surface area contributed by atoms with E-state index in [0.29, 0.717) is 15.8 Å². The molecule has 0 saturated heterocycles. The SMILES string of the molecule is O=C(Cc1ccc(Cl)c(Cl)c1)NC(c1ccccc1)c1ccco1. The molecule has 0 radical (unpaired) electrons. The van der Waals surface area contributed by atoms with Crippen molar-refractivity contribution in [3.05, 3.63) is 93.9 Å². The van der Waals surface area contributed by atoms with E-state index in [1.165, 1.54) is 0 Å². The first-order chi connectivity index (χ1) is 11.6. The molecule has 1 unspecified atom stereocenters. The third-order valence-electron chi connectivity index (χ3n) is 3.61. The Balaban J connectivity index is 1.77. The van der Waals surface area contributed by atoms with Crippen LogP contribution in [0.2, 0.25) is 10.0 Å². The molecule has 1 amide bonds. The molecule has 5 heteroatoms. The van der Waals surface area contributed by atoms with Crippen LogP contribution in [0, 0.1) is 0 Å². The monoisotopic (exact) mass is 359 g/mol. The van der Waals surface area contributed by atoms with Crippen LogP contribution < -0.4 is 5.32 Å². The number of halogens is 2. The quantitative estimate of drug-likeness (QED) is 0.693. The Bertz CT molecular complexity index is 817. The van der Waals surface area contributed by atoms with Gasteiger partial charge in [-0.1, -0.05) is 59.6 Å². The molecule has 122 valence electrons. The number of furan rings is 1. The number of benzene rings is 2. The topological polar surface area (TPSA) is 42.2 Å². The van der Waals surface area contributed by atoms with Crippen molar-refractivity contribution in [3.8, 4) is 0 Å². The van der Waals surface area contributed by atoms with Crippen LogP contribution in [0.25, 0.3) is 0 Å².